The largest absolute Gasteiger partial charge is 0.387 e. The maximum Gasteiger partial charge on any atom is 0.349 e. The monoisotopic (exact) mass is 245 g/mol. The van der Waals surface area contributed by atoms with Gasteiger partial charge in [-0.1, -0.05) is 0 Å². The minimum atomic E-state index is -0.316. The summed E-state index contributed by atoms with van der Waals surface area (Å²) in [6, 6.07) is 0.0536. The molecule has 0 radical (unpaired) electrons. The van der Waals surface area contributed by atoms with Gasteiger partial charge in [0.25, 0.3) is 0 Å². The van der Waals surface area contributed by atoms with E-state index in [1.54, 1.807) is 10.8 Å². The Bertz CT molecular complexity index is 593. The fourth-order valence-corrected chi connectivity index (χ4v) is 1.96. The zero-order valence-corrected chi connectivity index (χ0v) is 10.4. The molecule has 1 aliphatic rings. The topological polar surface area (TPSA) is 77.6 Å². The number of nitrogens with two attached hydrogens (primary N) is 1. The molecule has 0 fully saturated rings. The third-order valence-corrected chi connectivity index (χ3v) is 2.99. The van der Waals surface area contributed by atoms with Crippen LogP contribution in [0.5, 0.6) is 0 Å². The highest BCUT2D eigenvalue weighted by atomic mass is 16.1. The molecule has 0 bridgehead atoms. The Kier molecular flexibility index (Phi) is 3.15. The number of nitrogens with zero attached hydrogens (tertiary/aromatic N) is 4. The van der Waals surface area contributed by atoms with Crippen LogP contribution in [0, 0.1) is 12.5 Å². The molecule has 0 aromatic carbocycles. The molecule has 1 atom stereocenters. The predicted molar refractivity (Wildman–Crippen MR) is 68.8 cm³/mol. The third-order valence-electron chi connectivity index (χ3n) is 2.99. The van der Waals surface area contributed by atoms with Crippen LogP contribution in [-0.4, -0.2) is 21.9 Å². The highest BCUT2D eigenvalue weighted by Crippen LogP contribution is 2.24. The van der Waals surface area contributed by atoms with Crippen molar-refractivity contribution in [1.29, 1.82) is 0 Å². The molecule has 6 nitrogen and oxygen atoms in total. The summed E-state index contributed by atoms with van der Waals surface area (Å²) in [5.74, 6) is 0.721. The molecule has 1 aromatic rings. The standard InChI is InChI=1S/C12H15N5O/c1-7(2)17-6-9-4-8(5-14-3)10(13)15-11(9)16-12(17)18/h6-8H,4-5H2,1-2H3,(H2,13,15,16,18). The number of hydrogen-bond acceptors (Lipinski definition) is 4. The summed E-state index contributed by atoms with van der Waals surface area (Å²) in [7, 11) is 0. The average Bonchev–Trinajstić information content (AvgIpc) is 2.30. The first-order valence-corrected chi connectivity index (χ1v) is 5.82. The van der Waals surface area contributed by atoms with Crippen molar-refractivity contribution in [3.8, 4) is 0 Å². The number of hydrogen-bond donors (Lipinski definition) is 1. The molecule has 94 valence electrons. The van der Waals surface area contributed by atoms with E-state index in [0.29, 0.717) is 24.6 Å². The smallest absolute Gasteiger partial charge is 0.349 e. The lowest BCUT2D eigenvalue weighted by atomic mass is 9.97. The van der Waals surface area contributed by atoms with Crippen molar-refractivity contribution in [2.45, 2.75) is 26.3 Å². The lowest BCUT2D eigenvalue weighted by molar-refractivity contribution is 0.554. The van der Waals surface area contributed by atoms with Crippen LogP contribution in [0.15, 0.2) is 16.0 Å². The molecule has 2 heterocycles. The van der Waals surface area contributed by atoms with E-state index in [0.717, 1.165) is 5.56 Å². The fourth-order valence-electron chi connectivity index (χ4n) is 1.96. The summed E-state index contributed by atoms with van der Waals surface area (Å²) in [5, 5.41) is 0. The summed E-state index contributed by atoms with van der Waals surface area (Å²) in [5.41, 5.74) is 6.35. The molecule has 1 aliphatic heterocycles. The average molecular weight is 245 g/mol. The zero-order valence-electron chi connectivity index (χ0n) is 10.4. The Balaban J connectivity index is 2.48. The van der Waals surface area contributed by atoms with Crippen LogP contribution in [0.4, 0.5) is 5.82 Å². The lowest BCUT2D eigenvalue weighted by Crippen LogP contribution is -2.33. The maximum atomic E-state index is 11.7. The zero-order chi connectivity index (χ0) is 13.3. The molecule has 6 heteroatoms. The van der Waals surface area contributed by atoms with E-state index >= 15 is 0 Å². The highest BCUT2D eigenvalue weighted by Gasteiger charge is 2.25. The lowest BCUT2D eigenvalue weighted by Gasteiger charge is -2.19. The molecule has 0 spiro atoms. The van der Waals surface area contributed by atoms with Crippen molar-refractivity contribution in [2.24, 2.45) is 16.6 Å². The van der Waals surface area contributed by atoms with Crippen LogP contribution < -0.4 is 11.4 Å². The molecule has 1 unspecified atom stereocenters. The normalized spacial score (nSPS) is 18.1. The Morgan fingerprint density at radius 3 is 3.00 bits per heavy atom. The molecular weight excluding hydrogens is 230 g/mol. The van der Waals surface area contributed by atoms with Crippen LogP contribution >= 0.6 is 0 Å². The van der Waals surface area contributed by atoms with E-state index in [1.807, 2.05) is 13.8 Å². The molecule has 2 rings (SSSR count). The van der Waals surface area contributed by atoms with Crippen molar-refractivity contribution in [1.82, 2.24) is 9.55 Å². The van der Waals surface area contributed by atoms with Gasteiger partial charge in [0.05, 0.1) is 5.92 Å². The van der Waals surface area contributed by atoms with E-state index in [-0.39, 0.29) is 17.6 Å². The van der Waals surface area contributed by atoms with E-state index < -0.39 is 0 Å². The van der Waals surface area contributed by atoms with Gasteiger partial charge in [-0.15, -0.1) is 0 Å². The summed E-state index contributed by atoms with van der Waals surface area (Å²) < 4.78 is 1.57. The molecule has 18 heavy (non-hydrogen) atoms. The second-order valence-electron chi connectivity index (χ2n) is 4.65. The molecular formula is C12H15N5O. The highest BCUT2D eigenvalue weighted by molar-refractivity contribution is 5.87. The van der Waals surface area contributed by atoms with Crippen molar-refractivity contribution in [3.63, 3.8) is 0 Å². The van der Waals surface area contributed by atoms with Gasteiger partial charge in [-0.05, 0) is 20.3 Å². The van der Waals surface area contributed by atoms with Crippen LogP contribution in [-0.2, 0) is 6.42 Å². The van der Waals surface area contributed by atoms with Crippen molar-refractivity contribution in [2.75, 3.05) is 6.54 Å². The van der Waals surface area contributed by atoms with Crippen LogP contribution in [0.1, 0.15) is 25.5 Å². The number of aliphatic imine (C=N–C) groups is 1. The summed E-state index contributed by atoms with van der Waals surface area (Å²) >= 11 is 0. The van der Waals surface area contributed by atoms with E-state index in [4.69, 9.17) is 12.3 Å². The van der Waals surface area contributed by atoms with E-state index in [2.05, 4.69) is 14.8 Å². The Morgan fingerprint density at radius 1 is 1.67 bits per heavy atom. The summed E-state index contributed by atoms with van der Waals surface area (Å²) in [6.07, 6.45) is 2.40. The molecule has 1 aromatic heterocycles. The number of aromatic nitrogens is 2. The van der Waals surface area contributed by atoms with Gasteiger partial charge in [0, 0.05) is 17.8 Å². The summed E-state index contributed by atoms with van der Waals surface area (Å²) in [6.45, 7) is 11.1. The maximum absolute atomic E-state index is 11.7. The molecule has 2 N–H and O–H groups in total. The SMILES string of the molecule is [C-]#[N+]CC1Cc2cn(C(C)C)c(=O)nc2N=C1N. The molecule has 0 aliphatic carbocycles. The Hall–Kier alpha value is -2.16. The van der Waals surface area contributed by atoms with Crippen molar-refractivity contribution in [3.05, 3.63) is 33.7 Å². The predicted octanol–water partition coefficient (Wildman–Crippen LogP) is 0.904. The van der Waals surface area contributed by atoms with Gasteiger partial charge in [0.2, 0.25) is 6.54 Å². The van der Waals surface area contributed by atoms with Gasteiger partial charge in [-0.3, -0.25) is 4.57 Å². The number of amidine groups is 1. The Morgan fingerprint density at radius 2 is 2.39 bits per heavy atom. The van der Waals surface area contributed by atoms with Gasteiger partial charge in [0.15, 0.2) is 5.82 Å². The van der Waals surface area contributed by atoms with Crippen LogP contribution in [0.25, 0.3) is 4.85 Å². The Labute approximate surface area is 105 Å². The van der Waals surface area contributed by atoms with Gasteiger partial charge in [0.1, 0.15) is 5.84 Å². The fraction of sp³-hybridized carbons (Fsp3) is 0.500. The quantitative estimate of drug-likeness (QED) is 0.786. The van der Waals surface area contributed by atoms with Gasteiger partial charge in [-0.2, -0.15) is 4.98 Å². The first-order chi connectivity index (χ1) is 8.52. The van der Waals surface area contributed by atoms with E-state index in [9.17, 15) is 4.79 Å². The first-order valence-electron chi connectivity index (χ1n) is 5.82. The second-order valence-corrected chi connectivity index (χ2v) is 4.65. The number of fused-ring (bicyclic) bond motifs is 1. The van der Waals surface area contributed by atoms with Gasteiger partial charge in [-0.25, -0.2) is 16.4 Å². The van der Waals surface area contributed by atoms with E-state index in [1.165, 1.54) is 0 Å². The minimum Gasteiger partial charge on any atom is -0.387 e. The summed E-state index contributed by atoms with van der Waals surface area (Å²) in [4.78, 5) is 23.2. The molecule has 0 saturated carbocycles. The van der Waals surface area contributed by atoms with Gasteiger partial charge >= 0.3 is 5.69 Å². The van der Waals surface area contributed by atoms with Gasteiger partial charge < -0.3 is 10.6 Å². The minimum absolute atomic E-state index is 0.0536. The second kappa shape index (κ2) is 4.61. The van der Waals surface area contributed by atoms with Crippen molar-refractivity contribution >= 4 is 11.7 Å². The first kappa shape index (κ1) is 12.3. The van der Waals surface area contributed by atoms with Crippen LogP contribution in [0.2, 0.25) is 0 Å². The number of rotatable bonds is 2. The van der Waals surface area contributed by atoms with Crippen LogP contribution in [0.3, 0.4) is 0 Å². The third kappa shape index (κ3) is 2.12. The van der Waals surface area contributed by atoms with Crippen molar-refractivity contribution < 1.29 is 0 Å². The molecule has 0 amide bonds. The molecule has 0 saturated heterocycles.